The molecule has 0 aliphatic heterocycles. The monoisotopic (exact) mass is 354 g/mol. The summed E-state index contributed by atoms with van der Waals surface area (Å²) in [4.78, 5) is 8.87. The summed E-state index contributed by atoms with van der Waals surface area (Å²) in [6.45, 7) is 3.98. The number of aryl methyl sites for hydroxylation is 2. The van der Waals surface area contributed by atoms with E-state index >= 15 is 0 Å². The first-order valence-corrected chi connectivity index (χ1v) is 9.55. The number of rotatable bonds is 4. The van der Waals surface area contributed by atoms with Gasteiger partial charge in [0.2, 0.25) is 0 Å². The van der Waals surface area contributed by atoms with Gasteiger partial charge in [-0.2, -0.15) is 8.42 Å². The Balaban J connectivity index is 2.24. The van der Waals surface area contributed by atoms with Gasteiger partial charge in [0.1, 0.15) is 5.69 Å². The fourth-order valence-electron chi connectivity index (χ4n) is 2.55. The summed E-state index contributed by atoms with van der Waals surface area (Å²) >= 11 is 0. The maximum Gasteiger partial charge on any atom is 0.307 e. The van der Waals surface area contributed by atoms with Gasteiger partial charge in [0.05, 0.1) is 18.1 Å². The summed E-state index contributed by atoms with van der Waals surface area (Å²) in [5, 5.41) is 0. The molecule has 6 heteroatoms. The van der Waals surface area contributed by atoms with Crippen LogP contribution in [-0.2, 0) is 10.1 Å². The van der Waals surface area contributed by atoms with Gasteiger partial charge in [-0.25, -0.2) is 9.97 Å². The normalized spacial score (nSPS) is 11.3. The number of benzene rings is 2. The van der Waals surface area contributed by atoms with E-state index in [9.17, 15) is 8.42 Å². The molecule has 0 unspecified atom stereocenters. The number of aromatic nitrogens is 2. The molecule has 25 heavy (non-hydrogen) atoms. The molecule has 3 aromatic rings. The highest BCUT2D eigenvalue weighted by molar-refractivity contribution is 7.86. The van der Waals surface area contributed by atoms with Crippen molar-refractivity contribution in [1.29, 1.82) is 0 Å². The maximum absolute atomic E-state index is 11.4. The summed E-state index contributed by atoms with van der Waals surface area (Å²) in [6, 6.07) is 15.7. The van der Waals surface area contributed by atoms with E-state index in [1.165, 1.54) is 6.20 Å². The van der Waals surface area contributed by atoms with Crippen LogP contribution in [0.1, 0.15) is 11.1 Å². The summed E-state index contributed by atoms with van der Waals surface area (Å²) in [7, 11) is -3.67. The molecule has 1 aromatic heterocycles. The second kappa shape index (κ2) is 6.64. The highest BCUT2D eigenvalue weighted by Gasteiger charge is 2.16. The number of hydrogen-bond acceptors (Lipinski definition) is 5. The predicted molar refractivity (Wildman–Crippen MR) is 97.8 cm³/mol. The van der Waals surface area contributed by atoms with Crippen LogP contribution >= 0.6 is 0 Å². The van der Waals surface area contributed by atoms with Gasteiger partial charge in [-0.3, -0.25) is 0 Å². The van der Waals surface area contributed by atoms with Crippen LogP contribution in [0.2, 0.25) is 0 Å². The zero-order chi connectivity index (χ0) is 18.0. The average Bonchev–Trinajstić information content (AvgIpc) is 2.56. The van der Waals surface area contributed by atoms with Crippen LogP contribution in [0.25, 0.3) is 22.5 Å². The van der Waals surface area contributed by atoms with Crippen LogP contribution in [-0.4, -0.2) is 24.6 Å². The molecule has 0 N–H and O–H groups in total. The van der Waals surface area contributed by atoms with Crippen molar-refractivity contribution in [3.8, 4) is 28.4 Å². The minimum atomic E-state index is -3.67. The molecule has 0 atom stereocenters. The first kappa shape index (κ1) is 17.1. The van der Waals surface area contributed by atoms with Crippen molar-refractivity contribution in [1.82, 2.24) is 9.97 Å². The standard InChI is InChI=1S/C19H18N2O3S/c1-13-9-10-14(2)16(11-13)19-18(15-7-5-4-6-8-15)20-12-17(21-19)24-25(3,22)23/h4-12H,1-3H3. The first-order valence-electron chi connectivity index (χ1n) is 7.73. The minimum Gasteiger partial charge on any atom is -0.360 e. The lowest BCUT2D eigenvalue weighted by molar-refractivity contribution is 0.481. The van der Waals surface area contributed by atoms with Crippen molar-refractivity contribution >= 4 is 10.1 Å². The van der Waals surface area contributed by atoms with E-state index in [1.54, 1.807) is 0 Å². The van der Waals surface area contributed by atoms with Gasteiger partial charge in [0.15, 0.2) is 0 Å². The molecule has 0 saturated heterocycles. The lowest BCUT2D eigenvalue weighted by Gasteiger charge is -2.13. The Morgan fingerprint density at radius 1 is 0.960 bits per heavy atom. The van der Waals surface area contributed by atoms with Crippen molar-refractivity contribution < 1.29 is 12.6 Å². The third-order valence-electron chi connectivity index (χ3n) is 3.68. The molecule has 2 aromatic carbocycles. The van der Waals surface area contributed by atoms with Crippen molar-refractivity contribution in [3.05, 3.63) is 65.9 Å². The molecule has 0 aliphatic carbocycles. The summed E-state index contributed by atoms with van der Waals surface area (Å²) in [6.07, 6.45) is 2.31. The maximum atomic E-state index is 11.4. The fraction of sp³-hybridized carbons (Fsp3) is 0.158. The molecular formula is C19H18N2O3S. The summed E-state index contributed by atoms with van der Waals surface area (Å²) in [5.74, 6) is -0.0434. The third kappa shape index (κ3) is 4.03. The quantitative estimate of drug-likeness (QED) is 0.667. The van der Waals surface area contributed by atoms with Crippen LogP contribution in [0, 0.1) is 13.8 Å². The highest BCUT2D eigenvalue weighted by atomic mass is 32.2. The van der Waals surface area contributed by atoms with Gasteiger partial charge >= 0.3 is 10.1 Å². The van der Waals surface area contributed by atoms with Crippen molar-refractivity contribution in [2.75, 3.05) is 6.26 Å². The molecule has 1 heterocycles. The second-order valence-electron chi connectivity index (χ2n) is 5.88. The number of nitrogens with zero attached hydrogens (tertiary/aromatic N) is 2. The Bertz CT molecular complexity index is 1020. The second-order valence-corrected chi connectivity index (χ2v) is 7.45. The lowest BCUT2D eigenvalue weighted by Crippen LogP contribution is -2.08. The van der Waals surface area contributed by atoms with E-state index in [0.29, 0.717) is 11.4 Å². The fourth-order valence-corrected chi connectivity index (χ4v) is 2.94. The molecule has 128 valence electrons. The third-order valence-corrected chi connectivity index (χ3v) is 4.16. The Morgan fingerprint density at radius 2 is 1.68 bits per heavy atom. The Hall–Kier alpha value is -2.73. The molecule has 0 spiro atoms. The topological polar surface area (TPSA) is 69.2 Å². The largest absolute Gasteiger partial charge is 0.360 e. The van der Waals surface area contributed by atoms with Crippen LogP contribution in [0.5, 0.6) is 5.88 Å². The van der Waals surface area contributed by atoms with Crippen molar-refractivity contribution in [3.63, 3.8) is 0 Å². The van der Waals surface area contributed by atoms with E-state index < -0.39 is 10.1 Å². The van der Waals surface area contributed by atoms with Crippen molar-refractivity contribution in [2.45, 2.75) is 13.8 Å². The van der Waals surface area contributed by atoms with Crippen LogP contribution in [0.3, 0.4) is 0 Å². The van der Waals surface area contributed by atoms with Gasteiger partial charge in [-0.1, -0.05) is 48.0 Å². The van der Waals surface area contributed by atoms with E-state index in [-0.39, 0.29) is 5.88 Å². The van der Waals surface area contributed by atoms with Crippen molar-refractivity contribution in [2.24, 2.45) is 0 Å². The Kier molecular flexibility index (Phi) is 4.55. The van der Waals surface area contributed by atoms with Crippen LogP contribution < -0.4 is 4.18 Å². The van der Waals surface area contributed by atoms with Crippen LogP contribution in [0.4, 0.5) is 0 Å². The molecule has 0 fully saturated rings. The molecule has 0 saturated carbocycles. The summed E-state index contributed by atoms with van der Waals surface area (Å²) in [5.41, 5.74) is 5.16. The summed E-state index contributed by atoms with van der Waals surface area (Å²) < 4.78 is 27.8. The van der Waals surface area contributed by atoms with Gasteiger partial charge < -0.3 is 4.18 Å². The SMILES string of the molecule is Cc1ccc(C)c(-c2nc(OS(C)(=O)=O)cnc2-c2ccccc2)c1. The average molecular weight is 354 g/mol. The van der Waals surface area contributed by atoms with Gasteiger partial charge in [-0.15, -0.1) is 0 Å². The lowest BCUT2D eigenvalue weighted by atomic mass is 9.98. The highest BCUT2D eigenvalue weighted by Crippen LogP contribution is 2.32. The zero-order valence-electron chi connectivity index (χ0n) is 14.2. The molecule has 0 radical (unpaired) electrons. The molecule has 0 bridgehead atoms. The Labute approximate surface area is 147 Å². The molecule has 0 amide bonds. The smallest absolute Gasteiger partial charge is 0.307 e. The van der Waals surface area contributed by atoms with Crippen LogP contribution in [0.15, 0.2) is 54.7 Å². The molecule has 3 rings (SSSR count). The Morgan fingerprint density at radius 3 is 2.36 bits per heavy atom. The van der Waals surface area contributed by atoms with Gasteiger partial charge in [0.25, 0.3) is 5.88 Å². The minimum absolute atomic E-state index is 0.0434. The molecule has 0 aliphatic rings. The predicted octanol–water partition coefficient (Wildman–Crippen LogP) is 3.77. The number of hydrogen-bond donors (Lipinski definition) is 0. The van der Waals surface area contributed by atoms with E-state index in [1.807, 2.05) is 62.4 Å². The molecule has 5 nitrogen and oxygen atoms in total. The van der Waals surface area contributed by atoms with E-state index in [2.05, 4.69) is 9.97 Å². The van der Waals surface area contributed by atoms with Gasteiger partial charge in [0, 0.05) is 11.1 Å². The molecular weight excluding hydrogens is 336 g/mol. The first-order chi connectivity index (χ1) is 11.8. The zero-order valence-corrected chi connectivity index (χ0v) is 15.0. The van der Waals surface area contributed by atoms with E-state index in [0.717, 1.165) is 28.5 Å². The van der Waals surface area contributed by atoms with Gasteiger partial charge in [-0.05, 0) is 25.5 Å². The van der Waals surface area contributed by atoms with E-state index in [4.69, 9.17) is 4.18 Å².